The van der Waals surface area contributed by atoms with Gasteiger partial charge in [0.05, 0.1) is 4.90 Å². The number of nitrogens with zero attached hydrogens (tertiary/aromatic N) is 3. The number of aromatic nitrogens is 2. The van der Waals surface area contributed by atoms with Crippen molar-refractivity contribution in [1.29, 1.82) is 0 Å². The Morgan fingerprint density at radius 3 is 2.48 bits per heavy atom. The van der Waals surface area contributed by atoms with Gasteiger partial charge in [-0.3, -0.25) is 4.72 Å². The summed E-state index contributed by atoms with van der Waals surface area (Å²) in [6.45, 7) is 1.92. The topological polar surface area (TPSA) is 75.2 Å². The van der Waals surface area contributed by atoms with Crippen LogP contribution in [-0.2, 0) is 10.0 Å². The number of halogens is 1. The normalized spacial score (nSPS) is 15.4. The number of benzene rings is 1. The van der Waals surface area contributed by atoms with Crippen LogP contribution in [0.15, 0.2) is 41.3 Å². The number of sulfonamides is 1. The maximum atomic E-state index is 12.3. The molecule has 1 saturated heterocycles. The molecule has 1 aromatic heterocycles. The third kappa shape index (κ3) is 3.92. The van der Waals surface area contributed by atoms with Crippen LogP contribution >= 0.6 is 11.6 Å². The fourth-order valence-corrected chi connectivity index (χ4v) is 3.80. The molecule has 1 N–H and O–H groups in total. The lowest BCUT2D eigenvalue weighted by Gasteiger charge is -2.27. The molecule has 1 aliphatic rings. The minimum atomic E-state index is -3.72. The van der Waals surface area contributed by atoms with E-state index in [1.54, 1.807) is 24.3 Å². The Morgan fingerprint density at radius 1 is 1.04 bits per heavy atom. The van der Waals surface area contributed by atoms with Crippen LogP contribution in [0.3, 0.4) is 0 Å². The third-order valence-corrected chi connectivity index (χ3v) is 5.26. The van der Waals surface area contributed by atoms with Crippen molar-refractivity contribution in [3.05, 3.63) is 41.4 Å². The second kappa shape index (κ2) is 6.72. The van der Waals surface area contributed by atoms with Gasteiger partial charge in [0.2, 0.25) is 0 Å². The van der Waals surface area contributed by atoms with E-state index in [1.807, 2.05) is 0 Å². The summed E-state index contributed by atoms with van der Waals surface area (Å²) < 4.78 is 27.0. The largest absolute Gasteiger partial charge is 0.355 e. The van der Waals surface area contributed by atoms with E-state index in [1.165, 1.54) is 18.6 Å². The number of hydrogen-bond acceptors (Lipinski definition) is 5. The molecule has 6 nitrogen and oxygen atoms in total. The lowest BCUT2D eigenvalue weighted by molar-refractivity contribution is 0.571. The first kappa shape index (κ1) is 16.0. The SMILES string of the molecule is O=S(=O)(Nc1ccc(N2CCCCC2)nn1)c1cccc(Cl)c1. The van der Waals surface area contributed by atoms with Gasteiger partial charge in [-0.15, -0.1) is 10.2 Å². The zero-order chi connectivity index (χ0) is 16.3. The quantitative estimate of drug-likeness (QED) is 0.915. The highest BCUT2D eigenvalue weighted by Gasteiger charge is 2.17. The van der Waals surface area contributed by atoms with Gasteiger partial charge in [-0.05, 0) is 49.6 Å². The van der Waals surface area contributed by atoms with E-state index in [9.17, 15) is 8.42 Å². The molecule has 122 valence electrons. The Morgan fingerprint density at radius 2 is 1.83 bits per heavy atom. The number of rotatable bonds is 4. The minimum absolute atomic E-state index is 0.0897. The van der Waals surface area contributed by atoms with Crippen molar-refractivity contribution in [2.24, 2.45) is 0 Å². The summed E-state index contributed by atoms with van der Waals surface area (Å²) in [5.41, 5.74) is 0. The Bertz CT molecular complexity index is 774. The van der Waals surface area contributed by atoms with Gasteiger partial charge in [-0.25, -0.2) is 8.42 Å². The van der Waals surface area contributed by atoms with Crippen molar-refractivity contribution in [1.82, 2.24) is 10.2 Å². The molecule has 1 fully saturated rings. The number of anilines is 2. The van der Waals surface area contributed by atoms with E-state index < -0.39 is 10.0 Å². The fourth-order valence-electron chi connectivity index (χ4n) is 2.50. The highest BCUT2D eigenvalue weighted by Crippen LogP contribution is 2.20. The van der Waals surface area contributed by atoms with E-state index in [2.05, 4.69) is 19.8 Å². The standard InChI is InChI=1S/C15H17ClN4O2S/c16-12-5-4-6-13(11-12)23(21,22)19-14-7-8-15(18-17-14)20-9-2-1-3-10-20/h4-8,11H,1-3,9-10H2,(H,17,19). The van der Waals surface area contributed by atoms with Gasteiger partial charge in [0, 0.05) is 18.1 Å². The molecular weight excluding hydrogens is 336 g/mol. The second-order valence-electron chi connectivity index (χ2n) is 5.39. The molecule has 0 radical (unpaired) electrons. The van der Waals surface area contributed by atoms with Gasteiger partial charge < -0.3 is 4.90 Å². The van der Waals surface area contributed by atoms with Gasteiger partial charge in [-0.1, -0.05) is 17.7 Å². The first-order valence-electron chi connectivity index (χ1n) is 7.42. The van der Waals surface area contributed by atoms with Gasteiger partial charge in [0.15, 0.2) is 11.6 Å². The van der Waals surface area contributed by atoms with Crippen LogP contribution in [0.1, 0.15) is 19.3 Å². The molecule has 0 atom stereocenters. The van der Waals surface area contributed by atoms with Crippen molar-refractivity contribution in [2.45, 2.75) is 24.2 Å². The van der Waals surface area contributed by atoms with E-state index in [4.69, 9.17) is 11.6 Å². The Balaban J connectivity index is 1.75. The summed E-state index contributed by atoms with van der Waals surface area (Å²) in [4.78, 5) is 2.25. The molecule has 8 heteroatoms. The molecule has 1 aromatic carbocycles. The summed E-state index contributed by atoms with van der Waals surface area (Å²) >= 11 is 5.83. The van der Waals surface area contributed by atoms with Crippen molar-refractivity contribution < 1.29 is 8.42 Å². The molecule has 3 rings (SSSR count). The Kier molecular flexibility index (Phi) is 4.68. The second-order valence-corrected chi connectivity index (χ2v) is 7.51. The number of piperidine rings is 1. The molecule has 1 aliphatic heterocycles. The van der Waals surface area contributed by atoms with E-state index in [-0.39, 0.29) is 10.7 Å². The predicted octanol–water partition coefficient (Wildman–Crippen LogP) is 2.92. The third-order valence-electron chi connectivity index (χ3n) is 3.68. The first-order chi connectivity index (χ1) is 11.0. The number of hydrogen-bond donors (Lipinski definition) is 1. The molecule has 0 aliphatic carbocycles. The summed E-state index contributed by atoms with van der Waals surface area (Å²) in [5, 5.41) is 8.45. The van der Waals surface area contributed by atoms with Crippen LogP contribution in [0, 0.1) is 0 Å². The van der Waals surface area contributed by atoms with Crippen LogP contribution in [0.5, 0.6) is 0 Å². The average Bonchev–Trinajstić information content (AvgIpc) is 2.56. The zero-order valence-corrected chi connectivity index (χ0v) is 14.0. The van der Waals surface area contributed by atoms with Gasteiger partial charge in [-0.2, -0.15) is 0 Å². The predicted molar refractivity (Wildman–Crippen MR) is 90.4 cm³/mol. The Labute approximate surface area is 140 Å². The van der Waals surface area contributed by atoms with Crippen molar-refractivity contribution >= 4 is 33.3 Å². The van der Waals surface area contributed by atoms with Gasteiger partial charge in [0.1, 0.15) is 0 Å². The van der Waals surface area contributed by atoms with E-state index in [0.29, 0.717) is 5.02 Å². The summed E-state index contributed by atoms with van der Waals surface area (Å²) in [7, 11) is -3.72. The van der Waals surface area contributed by atoms with Crippen LogP contribution in [-0.4, -0.2) is 31.7 Å². The van der Waals surface area contributed by atoms with E-state index >= 15 is 0 Å². The highest BCUT2D eigenvalue weighted by atomic mass is 35.5. The molecular formula is C15H17ClN4O2S. The van der Waals surface area contributed by atoms with Crippen LogP contribution in [0.2, 0.25) is 5.02 Å². The van der Waals surface area contributed by atoms with Crippen LogP contribution < -0.4 is 9.62 Å². The zero-order valence-electron chi connectivity index (χ0n) is 12.4. The molecule has 2 heterocycles. The maximum Gasteiger partial charge on any atom is 0.263 e. The van der Waals surface area contributed by atoms with Crippen molar-refractivity contribution in [2.75, 3.05) is 22.7 Å². The monoisotopic (exact) mass is 352 g/mol. The van der Waals surface area contributed by atoms with Gasteiger partial charge in [0.25, 0.3) is 10.0 Å². The molecule has 0 spiro atoms. The summed E-state index contributed by atoms with van der Waals surface area (Å²) in [5.74, 6) is 0.959. The first-order valence-corrected chi connectivity index (χ1v) is 9.28. The molecule has 0 bridgehead atoms. The lowest BCUT2D eigenvalue weighted by Crippen LogP contribution is -2.30. The molecule has 0 saturated carbocycles. The smallest absolute Gasteiger partial charge is 0.263 e. The summed E-state index contributed by atoms with van der Waals surface area (Å²) in [6.07, 6.45) is 3.52. The summed E-state index contributed by atoms with van der Waals surface area (Å²) in [6, 6.07) is 9.48. The van der Waals surface area contributed by atoms with Crippen LogP contribution in [0.4, 0.5) is 11.6 Å². The van der Waals surface area contributed by atoms with E-state index in [0.717, 1.165) is 31.7 Å². The molecule has 0 amide bonds. The van der Waals surface area contributed by atoms with Crippen molar-refractivity contribution in [3.8, 4) is 0 Å². The van der Waals surface area contributed by atoms with Crippen LogP contribution in [0.25, 0.3) is 0 Å². The van der Waals surface area contributed by atoms with Gasteiger partial charge >= 0.3 is 0 Å². The molecule has 23 heavy (non-hydrogen) atoms. The average molecular weight is 353 g/mol. The number of nitrogens with one attached hydrogen (secondary N) is 1. The fraction of sp³-hybridized carbons (Fsp3) is 0.333. The highest BCUT2D eigenvalue weighted by molar-refractivity contribution is 7.92. The molecule has 2 aromatic rings. The minimum Gasteiger partial charge on any atom is -0.355 e. The lowest BCUT2D eigenvalue weighted by atomic mass is 10.1. The van der Waals surface area contributed by atoms with Crippen molar-refractivity contribution in [3.63, 3.8) is 0 Å². The Hall–Kier alpha value is -1.86. The molecule has 0 unspecified atom stereocenters. The maximum absolute atomic E-state index is 12.3.